The lowest BCUT2D eigenvalue weighted by atomic mass is 9.95. The van der Waals surface area contributed by atoms with Gasteiger partial charge in [0.2, 0.25) is 5.91 Å². The predicted molar refractivity (Wildman–Crippen MR) is 72.7 cm³/mol. The minimum absolute atomic E-state index is 0.0451. The van der Waals surface area contributed by atoms with Crippen molar-refractivity contribution in [1.82, 2.24) is 5.32 Å². The van der Waals surface area contributed by atoms with Crippen LogP contribution in [0.2, 0.25) is 0 Å². The molecule has 2 aliphatic carbocycles. The molecule has 0 radical (unpaired) electrons. The first-order chi connectivity index (χ1) is 9.18. The fourth-order valence-corrected chi connectivity index (χ4v) is 3.60. The van der Waals surface area contributed by atoms with E-state index in [1.165, 1.54) is 32.1 Å². The molecule has 2 fully saturated rings. The quantitative estimate of drug-likeness (QED) is 0.727. The van der Waals surface area contributed by atoms with Crippen molar-refractivity contribution in [2.45, 2.75) is 57.8 Å². The fourth-order valence-electron chi connectivity index (χ4n) is 3.60. The second-order valence-electron chi connectivity index (χ2n) is 6.07. The lowest BCUT2D eigenvalue weighted by Crippen LogP contribution is -2.35. The molecule has 0 aromatic heterocycles. The zero-order chi connectivity index (χ0) is 13.7. The van der Waals surface area contributed by atoms with Crippen molar-refractivity contribution < 1.29 is 14.7 Å². The molecule has 0 aromatic carbocycles. The van der Waals surface area contributed by atoms with Gasteiger partial charge in [-0.2, -0.15) is 0 Å². The van der Waals surface area contributed by atoms with Crippen LogP contribution in [0.1, 0.15) is 57.8 Å². The number of carbonyl (C=O) groups is 2. The Labute approximate surface area is 115 Å². The van der Waals surface area contributed by atoms with E-state index < -0.39 is 11.9 Å². The van der Waals surface area contributed by atoms with Crippen LogP contribution in [0.3, 0.4) is 0 Å². The molecule has 0 heterocycles. The van der Waals surface area contributed by atoms with E-state index in [2.05, 4.69) is 5.32 Å². The standard InChI is InChI=1S/C15H25NO3/c17-14(12-8-3-9-13(12)15(18)19)16-10-4-7-11-5-1-2-6-11/h11-13H,1-10H2,(H,16,17)(H,18,19). The molecule has 2 unspecified atom stereocenters. The Morgan fingerprint density at radius 1 is 1.00 bits per heavy atom. The number of nitrogens with one attached hydrogen (secondary N) is 1. The number of carboxylic acid groups (broad SMARTS) is 1. The molecule has 2 aliphatic rings. The average molecular weight is 267 g/mol. The molecule has 2 N–H and O–H groups in total. The van der Waals surface area contributed by atoms with E-state index in [0.717, 1.165) is 25.2 Å². The van der Waals surface area contributed by atoms with Gasteiger partial charge in [0.1, 0.15) is 0 Å². The van der Waals surface area contributed by atoms with Crippen LogP contribution in [-0.2, 0) is 9.59 Å². The summed E-state index contributed by atoms with van der Waals surface area (Å²) in [5, 5.41) is 12.0. The van der Waals surface area contributed by atoms with Gasteiger partial charge in [0.15, 0.2) is 0 Å². The first-order valence-corrected chi connectivity index (χ1v) is 7.69. The smallest absolute Gasteiger partial charge is 0.307 e. The number of aliphatic carboxylic acids is 1. The normalized spacial score (nSPS) is 27.6. The Bertz CT molecular complexity index is 323. The van der Waals surface area contributed by atoms with Crippen molar-refractivity contribution in [2.24, 2.45) is 17.8 Å². The van der Waals surface area contributed by atoms with E-state index in [1.54, 1.807) is 0 Å². The van der Waals surface area contributed by atoms with E-state index in [1.807, 2.05) is 0 Å². The van der Waals surface area contributed by atoms with Crippen LogP contribution in [0.25, 0.3) is 0 Å². The highest BCUT2D eigenvalue weighted by Crippen LogP contribution is 2.32. The number of carboxylic acids is 1. The van der Waals surface area contributed by atoms with Crippen LogP contribution in [0.15, 0.2) is 0 Å². The lowest BCUT2D eigenvalue weighted by molar-refractivity contribution is -0.146. The Morgan fingerprint density at radius 3 is 2.37 bits per heavy atom. The van der Waals surface area contributed by atoms with Gasteiger partial charge < -0.3 is 10.4 Å². The zero-order valence-electron chi connectivity index (χ0n) is 11.6. The molecule has 4 nitrogen and oxygen atoms in total. The Kier molecular flexibility index (Phi) is 5.23. The molecule has 2 atom stereocenters. The van der Waals surface area contributed by atoms with Gasteiger partial charge in [-0.25, -0.2) is 0 Å². The van der Waals surface area contributed by atoms with Gasteiger partial charge in [-0.3, -0.25) is 9.59 Å². The molecule has 108 valence electrons. The molecular formula is C15H25NO3. The summed E-state index contributed by atoms with van der Waals surface area (Å²) in [6.45, 7) is 0.707. The molecule has 19 heavy (non-hydrogen) atoms. The van der Waals surface area contributed by atoms with Crippen molar-refractivity contribution in [3.05, 3.63) is 0 Å². The Balaban J connectivity index is 1.64. The number of carbonyl (C=O) groups excluding carboxylic acids is 1. The van der Waals surface area contributed by atoms with Crippen molar-refractivity contribution in [2.75, 3.05) is 6.54 Å². The van der Waals surface area contributed by atoms with E-state index in [4.69, 9.17) is 5.11 Å². The first-order valence-electron chi connectivity index (χ1n) is 7.69. The third-order valence-electron chi connectivity index (χ3n) is 4.73. The summed E-state index contributed by atoms with van der Waals surface area (Å²) in [4.78, 5) is 23.0. The van der Waals surface area contributed by atoms with E-state index in [0.29, 0.717) is 13.0 Å². The van der Waals surface area contributed by atoms with Crippen molar-refractivity contribution in [1.29, 1.82) is 0 Å². The van der Waals surface area contributed by atoms with Crippen LogP contribution in [-0.4, -0.2) is 23.5 Å². The van der Waals surface area contributed by atoms with Crippen molar-refractivity contribution >= 4 is 11.9 Å². The highest BCUT2D eigenvalue weighted by molar-refractivity contribution is 5.85. The van der Waals surface area contributed by atoms with E-state index >= 15 is 0 Å². The molecule has 0 bridgehead atoms. The largest absolute Gasteiger partial charge is 0.481 e. The van der Waals surface area contributed by atoms with Gasteiger partial charge in [0.05, 0.1) is 11.8 Å². The van der Waals surface area contributed by atoms with Crippen LogP contribution in [0.5, 0.6) is 0 Å². The first kappa shape index (κ1) is 14.4. The summed E-state index contributed by atoms with van der Waals surface area (Å²) in [5.41, 5.74) is 0. The highest BCUT2D eigenvalue weighted by atomic mass is 16.4. The SMILES string of the molecule is O=C(O)C1CCCC1C(=O)NCCCC1CCCC1. The zero-order valence-corrected chi connectivity index (χ0v) is 11.6. The van der Waals surface area contributed by atoms with Gasteiger partial charge in [0.25, 0.3) is 0 Å². The predicted octanol–water partition coefficient (Wildman–Crippen LogP) is 2.57. The molecule has 0 spiro atoms. The second-order valence-corrected chi connectivity index (χ2v) is 6.07. The van der Waals surface area contributed by atoms with E-state index in [-0.39, 0.29) is 11.8 Å². The monoisotopic (exact) mass is 267 g/mol. The topological polar surface area (TPSA) is 66.4 Å². The third-order valence-corrected chi connectivity index (χ3v) is 4.73. The summed E-state index contributed by atoms with van der Waals surface area (Å²) >= 11 is 0. The molecule has 0 aromatic rings. The Morgan fingerprint density at radius 2 is 1.68 bits per heavy atom. The molecule has 1 amide bonds. The van der Waals surface area contributed by atoms with Gasteiger partial charge in [0, 0.05) is 6.54 Å². The van der Waals surface area contributed by atoms with Crippen molar-refractivity contribution in [3.63, 3.8) is 0 Å². The number of hydrogen-bond acceptors (Lipinski definition) is 2. The maximum absolute atomic E-state index is 12.0. The number of rotatable bonds is 6. The summed E-state index contributed by atoms with van der Waals surface area (Å²) in [7, 11) is 0. The Hall–Kier alpha value is -1.06. The summed E-state index contributed by atoms with van der Waals surface area (Å²) in [6, 6.07) is 0. The average Bonchev–Trinajstić information content (AvgIpc) is 3.04. The third kappa shape index (κ3) is 3.95. The second kappa shape index (κ2) is 6.92. The summed E-state index contributed by atoms with van der Waals surface area (Å²) < 4.78 is 0. The van der Waals surface area contributed by atoms with Crippen LogP contribution in [0.4, 0.5) is 0 Å². The van der Waals surface area contributed by atoms with Crippen molar-refractivity contribution in [3.8, 4) is 0 Å². The van der Waals surface area contributed by atoms with Gasteiger partial charge in [-0.15, -0.1) is 0 Å². The summed E-state index contributed by atoms with van der Waals surface area (Å²) in [5.74, 6) is -0.770. The highest BCUT2D eigenvalue weighted by Gasteiger charge is 2.37. The molecule has 2 saturated carbocycles. The lowest BCUT2D eigenvalue weighted by Gasteiger charge is -2.16. The van der Waals surface area contributed by atoms with Crippen LogP contribution < -0.4 is 5.32 Å². The minimum Gasteiger partial charge on any atom is -0.481 e. The molecule has 0 aliphatic heterocycles. The van der Waals surface area contributed by atoms with Gasteiger partial charge in [-0.1, -0.05) is 32.1 Å². The molecule has 4 heteroatoms. The molecular weight excluding hydrogens is 242 g/mol. The van der Waals surface area contributed by atoms with E-state index in [9.17, 15) is 9.59 Å². The fraction of sp³-hybridized carbons (Fsp3) is 0.867. The molecule has 0 saturated heterocycles. The number of hydrogen-bond donors (Lipinski definition) is 2. The van der Waals surface area contributed by atoms with Crippen LogP contribution >= 0.6 is 0 Å². The van der Waals surface area contributed by atoms with Gasteiger partial charge in [-0.05, 0) is 31.6 Å². The maximum Gasteiger partial charge on any atom is 0.307 e. The molecule has 2 rings (SSSR count). The minimum atomic E-state index is -0.816. The maximum atomic E-state index is 12.0. The van der Waals surface area contributed by atoms with Gasteiger partial charge >= 0.3 is 5.97 Å². The number of amides is 1. The van der Waals surface area contributed by atoms with Crippen LogP contribution in [0, 0.1) is 17.8 Å². The summed E-state index contributed by atoms with van der Waals surface area (Å²) in [6.07, 6.45) is 9.88.